The van der Waals surface area contributed by atoms with Crippen LogP contribution in [0.2, 0.25) is 0 Å². The predicted octanol–water partition coefficient (Wildman–Crippen LogP) is 4.61. The number of piperidine rings is 1. The summed E-state index contributed by atoms with van der Waals surface area (Å²) in [5.74, 6) is 0. The number of ether oxygens (including phenoxy) is 1. The zero-order chi connectivity index (χ0) is 14.3. The molecule has 1 aliphatic carbocycles. The Morgan fingerprint density at radius 2 is 1.90 bits per heavy atom. The molecule has 2 fully saturated rings. The molecule has 118 valence electrons. The van der Waals surface area contributed by atoms with E-state index in [9.17, 15) is 0 Å². The van der Waals surface area contributed by atoms with Gasteiger partial charge in [-0.15, -0.1) is 0 Å². The number of alkyl halides is 1. The molecule has 2 rings (SSSR count). The Bertz CT molecular complexity index is 264. The maximum absolute atomic E-state index is 5.99. The number of rotatable bonds is 6. The Hall–Kier alpha value is 0.400. The van der Waals surface area contributed by atoms with Crippen LogP contribution in [0.3, 0.4) is 0 Å². The maximum atomic E-state index is 5.99. The fourth-order valence-electron chi connectivity index (χ4n) is 3.86. The molecule has 1 saturated carbocycles. The van der Waals surface area contributed by atoms with E-state index in [4.69, 9.17) is 4.74 Å². The highest BCUT2D eigenvalue weighted by atomic mass is 79.9. The van der Waals surface area contributed by atoms with Crippen LogP contribution in [0.4, 0.5) is 0 Å². The normalized spacial score (nSPS) is 28.2. The monoisotopic (exact) mass is 345 g/mol. The van der Waals surface area contributed by atoms with Crippen molar-refractivity contribution in [2.75, 3.05) is 31.6 Å². The van der Waals surface area contributed by atoms with Crippen molar-refractivity contribution in [3.05, 3.63) is 0 Å². The maximum Gasteiger partial charge on any atom is 0.0702 e. The quantitative estimate of drug-likeness (QED) is 0.514. The van der Waals surface area contributed by atoms with E-state index >= 15 is 0 Å². The van der Waals surface area contributed by atoms with Crippen LogP contribution in [0, 0.1) is 5.41 Å². The molecule has 0 amide bonds. The van der Waals surface area contributed by atoms with Gasteiger partial charge in [0, 0.05) is 25.0 Å². The van der Waals surface area contributed by atoms with E-state index in [1.807, 2.05) is 0 Å². The van der Waals surface area contributed by atoms with Crippen LogP contribution in [-0.4, -0.2) is 42.6 Å². The molecule has 1 aliphatic heterocycles. The van der Waals surface area contributed by atoms with Crippen LogP contribution in [0.15, 0.2) is 0 Å². The molecule has 0 spiro atoms. The van der Waals surface area contributed by atoms with Crippen LogP contribution < -0.4 is 0 Å². The second kappa shape index (κ2) is 8.75. The predicted molar refractivity (Wildman–Crippen MR) is 89.6 cm³/mol. The summed E-state index contributed by atoms with van der Waals surface area (Å²) in [6.45, 7) is 6.85. The van der Waals surface area contributed by atoms with Crippen molar-refractivity contribution in [1.29, 1.82) is 0 Å². The largest absolute Gasteiger partial charge is 0.377 e. The van der Waals surface area contributed by atoms with Gasteiger partial charge in [-0.25, -0.2) is 0 Å². The average molecular weight is 346 g/mol. The molecule has 1 atom stereocenters. The molecule has 1 heterocycles. The van der Waals surface area contributed by atoms with Gasteiger partial charge in [0.2, 0.25) is 0 Å². The lowest BCUT2D eigenvalue weighted by atomic mass is 9.81. The summed E-state index contributed by atoms with van der Waals surface area (Å²) >= 11 is 3.83. The minimum absolute atomic E-state index is 0.488. The molecule has 0 aromatic heterocycles. The van der Waals surface area contributed by atoms with Gasteiger partial charge >= 0.3 is 0 Å². The van der Waals surface area contributed by atoms with Gasteiger partial charge in [-0.2, -0.15) is 0 Å². The van der Waals surface area contributed by atoms with Gasteiger partial charge < -0.3 is 9.64 Å². The minimum atomic E-state index is 0.488. The van der Waals surface area contributed by atoms with Crippen molar-refractivity contribution in [2.24, 2.45) is 5.41 Å². The topological polar surface area (TPSA) is 12.5 Å². The Morgan fingerprint density at radius 3 is 2.55 bits per heavy atom. The van der Waals surface area contributed by atoms with E-state index in [0.29, 0.717) is 11.5 Å². The number of nitrogens with zero attached hydrogens (tertiary/aromatic N) is 1. The zero-order valence-electron chi connectivity index (χ0n) is 13.2. The van der Waals surface area contributed by atoms with E-state index < -0.39 is 0 Å². The van der Waals surface area contributed by atoms with Gasteiger partial charge in [0.05, 0.1) is 6.10 Å². The van der Waals surface area contributed by atoms with Gasteiger partial charge in [-0.3, -0.25) is 0 Å². The zero-order valence-corrected chi connectivity index (χ0v) is 14.8. The molecule has 2 aliphatic rings. The van der Waals surface area contributed by atoms with Crippen molar-refractivity contribution in [1.82, 2.24) is 4.90 Å². The molecule has 2 nitrogen and oxygen atoms in total. The van der Waals surface area contributed by atoms with Crippen LogP contribution >= 0.6 is 15.9 Å². The summed E-state index contributed by atoms with van der Waals surface area (Å²) in [6.07, 6.45) is 12.8. The highest BCUT2D eigenvalue weighted by molar-refractivity contribution is 9.09. The second-order valence-corrected chi connectivity index (χ2v) is 7.48. The third-order valence-corrected chi connectivity index (χ3v) is 6.22. The molecular weight excluding hydrogens is 314 g/mol. The molecule has 0 aromatic carbocycles. The third-order valence-electron chi connectivity index (χ3n) is 5.03. The SMILES string of the molecule is CCCOC1CCCN(CC2(CBr)CCCCCC2)C1. The van der Waals surface area contributed by atoms with Gasteiger partial charge in [0.15, 0.2) is 0 Å². The summed E-state index contributed by atoms with van der Waals surface area (Å²) in [7, 11) is 0. The number of likely N-dealkylation sites (tertiary alicyclic amines) is 1. The Balaban J connectivity index is 1.86. The van der Waals surface area contributed by atoms with Gasteiger partial charge in [0.25, 0.3) is 0 Å². The van der Waals surface area contributed by atoms with Crippen molar-refractivity contribution in [3.8, 4) is 0 Å². The summed E-state index contributed by atoms with van der Waals surface area (Å²) < 4.78 is 5.99. The number of hydrogen-bond donors (Lipinski definition) is 0. The van der Waals surface area contributed by atoms with Crippen LogP contribution in [-0.2, 0) is 4.74 Å². The molecule has 0 N–H and O–H groups in total. The van der Waals surface area contributed by atoms with E-state index in [1.54, 1.807) is 0 Å². The second-order valence-electron chi connectivity index (χ2n) is 6.92. The van der Waals surface area contributed by atoms with E-state index in [-0.39, 0.29) is 0 Å². The van der Waals surface area contributed by atoms with Gasteiger partial charge in [-0.1, -0.05) is 48.5 Å². The van der Waals surface area contributed by atoms with E-state index in [0.717, 1.165) is 19.6 Å². The Labute approximate surface area is 133 Å². The molecule has 1 saturated heterocycles. The lowest BCUT2D eigenvalue weighted by Crippen LogP contribution is -2.46. The molecule has 3 heteroatoms. The lowest BCUT2D eigenvalue weighted by Gasteiger charge is -2.40. The summed E-state index contributed by atoms with van der Waals surface area (Å²) in [5.41, 5.74) is 0.531. The number of halogens is 1. The minimum Gasteiger partial charge on any atom is -0.377 e. The molecule has 1 unspecified atom stereocenters. The standard InChI is InChI=1S/C17H32BrNO/c1-2-12-20-16-8-7-11-19(13-16)15-17(14-18)9-5-3-4-6-10-17/h16H,2-15H2,1H3. The van der Waals surface area contributed by atoms with Gasteiger partial charge in [-0.05, 0) is 44.1 Å². The van der Waals surface area contributed by atoms with E-state index in [2.05, 4.69) is 27.8 Å². The summed E-state index contributed by atoms with van der Waals surface area (Å²) in [6, 6.07) is 0. The first-order valence-corrected chi connectivity index (χ1v) is 9.80. The fourth-order valence-corrected chi connectivity index (χ4v) is 4.60. The molecule has 0 bridgehead atoms. The highest BCUT2D eigenvalue weighted by Gasteiger charge is 2.33. The van der Waals surface area contributed by atoms with Crippen LogP contribution in [0.5, 0.6) is 0 Å². The summed E-state index contributed by atoms with van der Waals surface area (Å²) in [5, 5.41) is 1.18. The number of hydrogen-bond acceptors (Lipinski definition) is 2. The van der Waals surface area contributed by atoms with Crippen molar-refractivity contribution in [3.63, 3.8) is 0 Å². The molecule has 20 heavy (non-hydrogen) atoms. The van der Waals surface area contributed by atoms with Crippen molar-refractivity contribution < 1.29 is 4.74 Å². The van der Waals surface area contributed by atoms with E-state index in [1.165, 1.54) is 69.8 Å². The third kappa shape index (κ3) is 4.99. The van der Waals surface area contributed by atoms with Gasteiger partial charge in [0.1, 0.15) is 0 Å². The molecule has 0 aromatic rings. The lowest BCUT2D eigenvalue weighted by molar-refractivity contribution is -0.0112. The first kappa shape index (κ1) is 16.8. The molecular formula is C17H32BrNO. The fraction of sp³-hybridized carbons (Fsp3) is 1.00. The first-order valence-electron chi connectivity index (χ1n) is 8.68. The van der Waals surface area contributed by atoms with Crippen molar-refractivity contribution >= 4 is 15.9 Å². The Morgan fingerprint density at radius 1 is 1.15 bits per heavy atom. The highest BCUT2D eigenvalue weighted by Crippen LogP contribution is 2.38. The molecule has 0 radical (unpaired) electrons. The van der Waals surface area contributed by atoms with Crippen molar-refractivity contribution in [2.45, 2.75) is 70.8 Å². The smallest absolute Gasteiger partial charge is 0.0702 e. The first-order chi connectivity index (χ1) is 9.78. The average Bonchev–Trinajstić information content (AvgIpc) is 2.72. The Kier molecular flexibility index (Phi) is 7.33. The summed E-state index contributed by atoms with van der Waals surface area (Å²) in [4.78, 5) is 2.69. The van der Waals surface area contributed by atoms with Crippen LogP contribution in [0.1, 0.15) is 64.7 Å². The van der Waals surface area contributed by atoms with Crippen LogP contribution in [0.25, 0.3) is 0 Å².